The molecule has 0 heterocycles. The number of aliphatic hydroxyl groups excluding tert-OH is 1. The first-order valence-corrected chi connectivity index (χ1v) is 9.80. The summed E-state index contributed by atoms with van der Waals surface area (Å²) in [5, 5.41) is 9.31. The van der Waals surface area contributed by atoms with Crippen LogP contribution in [0.2, 0.25) is 0 Å². The van der Waals surface area contributed by atoms with Crippen LogP contribution in [0, 0.1) is 13.8 Å². The molecular formula is C15H25NO3S2. The highest BCUT2D eigenvalue weighted by Crippen LogP contribution is 2.26. The number of nitrogens with zero attached hydrogens (tertiary/aromatic N) is 1. The second-order valence-corrected chi connectivity index (χ2v) is 8.11. The van der Waals surface area contributed by atoms with Crippen molar-refractivity contribution in [2.45, 2.75) is 44.7 Å². The van der Waals surface area contributed by atoms with E-state index in [0.717, 1.165) is 23.3 Å². The lowest BCUT2D eigenvalue weighted by Crippen LogP contribution is -2.38. The Morgan fingerprint density at radius 2 is 1.95 bits per heavy atom. The second-order valence-electron chi connectivity index (χ2n) is 5.23. The smallest absolute Gasteiger partial charge is 0.243 e. The lowest BCUT2D eigenvalue weighted by atomic mass is 10.1. The first kappa shape index (κ1) is 18.5. The maximum atomic E-state index is 12.9. The first-order valence-electron chi connectivity index (χ1n) is 6.97. The normalized spacial score (nSPS) is 13.7. The van der Waals surface area contributed by atoms with E-state index in [1.807, 2.05) is 33.1 Å². The molecule has 0 aliphatic rings. The van der Waals surface area contributed by atoms with Crippen LogP contribution < -0.4 is 0 Å². The van der Waals surface area contributed by atoms with Crippen LogP contribution in [0.5, 0.6) is 0 Å². The molecule has 0 bridgehead atoms. The number of benzene rings is 1. The van der Waals surface area contributed by atoms with Gasteiger partial charge in [-0.05, 0) is 49.3 Å². The number of hydrogen-bond acceptors (Lipinski definition) is 4. The van der Waals surface area contributed by atoms with Crippen molar-refractivity contribution >= 4 is 21.8 Å². The molecule has 0 fully saturated rings. The lowest BCUT2D eigenvalue weighted by Gasteiger charge is -2.27. The van der Waals surface area contributed by atoms with Crippen LogP contribution in [0.25, 0.3) is 0 Å². The summed E-state index contributed by atoms with van der Waals surface area (Å²) in [6.07, 6.45) is 2.75. The molecule has 0 saturated heterocycles. The fourth-order valence-corrected chi connectivity index (χ4v) is 4.99. The Kier molecular flexibility index (Phi) is 6.71. The van der Waals surface area contributed by atoms with E-state index < -0.39 is 10.0 Å². The molecule has 120 valence electrons. The van der Waals surface area contributed by atoms with Crippen molar-refractivity contribution in [3.05, 3.63) is 28.8 Å². The van der Waals surface area contributed by atoms with Crippen molar-refractivity contribution < 1.29 is 13.5 Å². The number of hydrogen-bond donors (Lipinski definition) is 1. The van der Waals surface area contributed by atoms with Crippen molar-refractivity contribution in [1.82, 2.24) is 4.31 Å². The highest BCUT2D eigenvalue weighted by molar-refractivity contribution is 7.98. The van der Waals surface area contributed by atoms with E-state index >= 15 is 0 Å². The van der Waals surface area contributed by atoms with Gasteiger partial charge in [0.25, 0.3) is 0 Å². The molecule has 0 aromatic heterocycles. The molecule has 0 amide bonds. The predicted molar refractivity (Wildman–Crippen MR) is 89.2 cm³/mol. The van der Waals surface area contributed by atoms with Crippen LogP contribution in [-0.2, 0) is 16.6 Å². The van der Waals surface area contributed by atoms with Crippen molar-refractivity contribution in [3.8, 4) is 0 Å². The van der Waals surface area contributed by atoms with Gasteiger partial charge >= 0.3 is 0 Å². The highest BCUT2D eigenvalue weighted by atomic mass is 32.2. The van der Waals surface area contributed by atoms with Gasteiger partial charge < -0.3 is 5.11 Å². The summed E-state index contributed by atoms with van der Waals surface area (Å²) < 4.78 is 27.2. The molecule has 0 aliphatic carbocycles. The summed E-state index contributed by atoms with van der Waals surface area (Å²) in [4.78, 5) is 0.300. The maximum Gasteiger partial charge on any atom is 0.243 e. The monoisotopic (exact) mass is 331 g/mol. The summed E-state index contributed by atoms with van der Waals surface area (Å²) in [7, 11) is -1.91. The quantitative estimate of drug-likeness (QED) is 0.834. The third kappa shape index (κ3) is 4.00. The highest BCUT2D eigenvalue weighted by Gasteiger charge is 2.28. The average molecular weight is 332 g/mol. The Bertz CT molecular complexity index is 585. The molecule has 0 radical (unpaired) electrons. The molecule has 6 heteroatoms. The van der Waals surface area contributed by atoms with Crippen molar-refractivity contribution in [1.29, 1.82) is 0 Å². The SMILES string of the molecule is CCC(CSC)N(C)S(=O)(=O)c1cc(CO)cc(C)c1C. The molecule has 1 N–H and O–H groups in total. The topological polar surface area (TPSA) is 57.6 Å². The average Bonchev–Trinajstić information content (AvgIpc) is 2.46. The third-order valence-electron chi connectivity index (χ3n) is 3.86. The van der Waals surface area contributed by atoms with Gasteiger partial charge in [0.2, 0.25) is 10.0 Å². The fourth-order valence-electron chi connectivity index (χ4n) is 2.28. The molecule has 0 saturated carbocycles. The van der Waals surface area contributed by atoms with Gasteiger partial charge in [0.15, 0.2) is 0 Å². The van der Waals surface area contributed by atoms with Crippen molar-refractivity contribution in [2.24, 2.45) is 0 Å². The third-order valence-corrected chi connectivity index (χ3v) is 6.62. The summed E-state index contributed by atoms with van der Waals surface area (Å²) in [6, 6.07) is 3.38. The minimum Gasteiger partial charge on any atom is -0.392 e. The zero-order valence-electron chi connectivity index (χ0n) is 13.4. The summed E-state index contributed by atoms with van der Waals surface area (Å²) >= 11 is 1.64. The predicted octanol–water partition coefficient (Wildman–Crippen LogP) is 2.56. The van der Waals surface area contributed by atoms with E-state index in [1.165, 1.54) is 4.31 Å². The molecule has 1 atom stereocenters. The Balaban J connectivity index is 3.33. The van der Waals surface area contributed by atoms with Crippen LogP contribution >= 0.6 is 11.8 Å². The fraction of sp³-hybridized carbons (Fsp3) is 0.600. The zero-order valence-corrected chi connectivity index (χ0v) is 15.0. The van der Waals surface area contributed by atoms with E-state index in [4.69, 9.17) is 0 Å². The molecule has 1 unspecified atom stereocenters. The molecule has 0 spiro atoms. The van der Waals surface area contributed by atoms with Gasteiger partial charge in [0.1, 0.15) is 0 Å². The summed E-state index contributed by atoms with van der Waals surface area (Å²) in [5.74, 6) is 0.768. The Hall–Kier alpha value is -0.560. The van der Waals surface area contributed by atoms with Crippen LogP contribution in [-0.4, -0.2) is 42.9 Å². The minimum absolute atomic E-state index is 0.0255. The van der Waals surface area contributed by atoms with Gasteiger partial charge in [-0.1, -0.05) is 13.0 Å². The van der Waals surface area contributed by atoms with Gasteiger partial charge in [-0.25, -0.2) is 8.42 Å². The second kappa shape index (κ2) is 7.63. The van der Waals surface area contributed by atoms with Gasteiger partial charge in [0.05, 0.1) is 11.5 Å². The van der Waals surface area contributed by atoms with Gasteiger partial charge in [-0.2, -0.15) is 16.1 Å². The van der Waals surface area contributed by atoms with E-state index in [-0.39, 0.29) is 12.6 Å². The number of thioether (sulfide) groups is 1. The zero-order chi connectivity index (χ0) is 16.2. The molecule has 21 heavy (non-hydrogen) atoms. The van der Waals surface area contributed by atoms with E-state index in [9.17, 15) is 13.5 Å². The van der Waals surface area contributed by atoms with E-state index in [2.05, 4.69) is 0 Å². The van der Waals surface area contributed by atoms with Gasteiger partial charge in [-0.15, -0.1) is 0 Å². The molecule has 1 aromatic carbocycles. The lowest BCUT2D eigenvalue weighted by molar-refractivity contribution is 0.281. The molecule has 4 nitrogen and oxygen atoms in total. The van der Waals surface area contributed by atoms with Gasteiger partial charge in [0, 0.05) is 18.8 Å². The van der Waals surface area contributed by atoms with Crippen molar-refractivity contribution in [2.75, 3.05) is 19.1 Å². The summed E-state index contributed by atoms with van der Waals surface area (Å²) in [6.45, 7) is 5.52. The largest absolute Gasteiger partial charge is 0.392 e. The number of aliphatic hydroxyl groups is 1. The summed E-state index contributed by atoms with van der Waals surface area (Å²) in [5.41, 5.74) is 2.26. The number of sulfonamides is 1. The van der Waals surface area contributed by atoms with Crippen LogP contribution in [0.4, 0.5) is 0 Å². The Labute approximate surface area is 132 Å². The minimum atomic E-state index is -3.55. The van der Waals surface area contributed by atoms with Crippen LogP contribution in [0.15, 0.2) is 17.0 Å². The maximum absolute atomic E-state index is 12.9. The molecule has 0 aliphatic heterocycles. The standard InChI is InChI=1S/C15H25NO3S2/c1-6-14(10-20-5)16(4)21(18,19)15-8-13(9-17)7-11(2)12(15)3/h7-8,14,17H,6,9-10H2,1-5H3. The molecule has 1 aromatic rings. The van der Waals surface area contributed by atoms with E-state index in [1.54, 1.807) is 24.9 Å². The van der Waals surface area contributed by atoms with Crippen LogP contribution in [0.3, 0.4) is 0 Å². The number of aryl methyl sites for hydroxylation is 1. The Morgan fingerprint density at radius 1 is 1.33 bits per heavy atom. The molecular weight excluding hydrogens is 306 g/mol. The Morgan fingerprint density at radius 3 is 2.43 bits per heavy atom. The van der Waals surface area contributed by atoms with E-state index in [0.29, 0.717) is 10.5 Å². The molecule has 1 rings (SSSR count). The van der Waals surface area contributed by atoms with Crippen LogP contribution in [0.1, 0.15) is 30.0 Å². The number of rotatable bonds is 7. The van der Waals surface area contributed by atoms with Gasteiger partial charge in [-0.3, -0.25) is 0 Å². The van der Waals surface area contributed by atoms with Crippen molar-refractivity contribution in [3.63, 3.8) is 0 Å². The first-order chi connectivity index (χ1) is 9.79.